The zero-order valence-electron chi connectivity index (χ0n) is 12.1. The lowest BCUT2D eigenvalue weighted by Gasteiger charge is -2.15. The van der Waals surface area contributed by atoms with Gasteiger partial charge in [0.15, 0.2) is 9.84 Å². The van der Waals surface area contributed by atoms with E-state index in [1.807, 2.05) is 30.3 Å². The van der Waals surface area contributed by atoms with Crippen LogP contribution in [0.15, 0.2) is 30.3 Å². The Morgan fingerprint density at radius 3 is 2.71 bits per heavy atom. The van der Waals surface area contributed by atoms with Crippen LogP contribution < -0.4 is 5.32 Å². The molecule has 6 heteroatoms. The predicted molar refractivity (Wildman–Crippen MR) is 80.5 cm³/mol. The van der Waals surface area contributed by atoms with Crippen LogP contribution in [0.2, 0.25) is 0 Å². The molecule has 1 aliphatic heterocycles. The van der Waals surface area contributed by atoms with Gasteiger partial charge in [-0.1, -0.05) is 37.3 Å². The Balaban J connectivity index is 1.70. The quantitative estimate of drug-likeness (QED) is 0.798. The molecule has 0 saturated carbocycles. The van der Waals surface area contributed by atoms with Gasteiger partial charge < -0.3 is 10.1 Å². The van der Waals surface area contributed by atoms with Crippen molar-refractivity contribution in [3.8, 4) is 0 Å². The van der Waals surface area contributed by atoms with Crippen molar-refractivity contribution in [2.45, 2.75) is 26.0 Å². The van der Waals surface area contributed by atoms with E-state index in [0.29, 0.717) is 13.0 Å². The molecule has 2 rings (SSSR count). The van der Waals surface area contributed by atoms with Crippen LogP contribution in [0.5, 0.6) is 0 Å². The molecule has 1 fully saturated rings. The molecule has 0 aromatic heterocycles. The highest BCUT2D eigenvalue weighted by atomic mass is 32.2. The zero-order valence-corrected chi connectivity index (χ0v) is 12.9. The lowest BCUT2D eigenvalue weighted by atomic mass is 10.1. The molecule has 1 aromatic carbocycles. The maximum atomic E-state index is 11.9. The molecule has 1 saturated heterocycles. The summed E-state index contributed by atoms with van der Waals surface area (Å²) in [5.74, 6) is -0.166. The molecule has 2 unspecified atom stereocenters. The van der Waals surface area contributed by atoms with Crippen molar-refractivity contribution in [2.24, 2.45) is 5.92 Å². The average molecular weight is 311 g/mol. The van der Waals surface area contributed by atoms with Crippen LogP contribution in [-0.4, -0.2) is 38.5 Å². The van der Waals surface area contributed by atoms with Crippen molar-refractivity contribution in [3.63, 3.8) is 0 Å². The molecule has 0 bridgehead atoms. The number of hydrogen-bond acceptors (Lipinski definition) is 5. The Bertz CT molecular complexity index is 571. The van der Waals surface area contributed by atoms with Gasteiger partial charge in [-0.3, -0.25) is 4.79 Å². The lowest BCUT2D eigenvalue weighted by molar-refractivity contribution is -0.149. The molecular weight excluding hydrogens is 290 g/mol. The normalized spacial score (nSPS) is 21.9. The summed E-state index contributed by atoms with van der Waals surface area (Å²) in [5.41, 5.74) is 0.952. The monoisotopic (exact) mass is 311 g/mol. The SMILES string of the molecule is CC(CNC1CCS(=O)(=O)C1)C(=O)OCc1ccccc1. The molecule has 1 N–H and O–H groups in total. The minimum Gasteiger partial charge on any atom is -0.461 e. The number of carbonyl (C=O) groups is 1. The molecule has 116 valence electrons. The fraction of sp³-hybridized carbons (Fsp3) is 0.533. The standard InChI is InChI=1S/C15H21NO4S/c1-12(9-16-14-7-8-21(18,19)11-14)15(17)20-10-13-5-3-2-4-6-13/h2-6,12,14,16H,7-11H2,1H3. The van der Waals surface area contributed by atoms with Crippen LogP contribution >= 0.6 is 0 Å². The average Bonchev–Trinajstić information content (AvgIpc) is 2.82. The Hall–Kier alpha value is -1.40. The summed E-state index contributed by atoms with van der Waals surface area (Å²) in [4.78, 5) is 11.9. The van der Waals surface area contributed by atoms with E-state index in [0.717, 1.165) is 5.56 Å². The summed E-state index contributed by atoms with van der Waals surface area (Å²) in [6.07, 6.45) is 0.619. The van der Waals surface area contributed by atoms with E-state index in [2.05, 4.69) is 5.32 Å². The molecule has 1 aromatic rings. The number of carbonyl (C=O) groups excluding carboxylic acids is 1. The first-order valence-electron chi connectivity index (χ1n) is 7.10. The van der Waals surface area contributed by atoms with Gasteiger partial charge in [0.1, 0.15) is 6.61 Å². The third-order valence-electron chi connectivity index (χ3n) is 3.57. The van der Waals surface area contributed by atoms with Crippen molar-refractivity contribution in [2.75, 3.05) is 18.1 Å². The highest BCUT2D eigenvalue weighted by molar-refractivity contribution is 7.91. The number of ether oxygens (including phenoxy) is 1. The summed E-state index contributed by atoms with van der Waals surface area (Å²) in [6.45, 7) is 2.49. The van der Waals surface area contributed by atoms with Crippen molar-refractivity contribution >= 4 is 15.8 Å². The van der Waals surface area contributed by atoms with Crippen LogP contribution in [0.25, 0.3) is 0 Å². The van der Waals surface area contributed by atoms with Gasteiger partial charge in [0.2, 0.25) is 0 Å². The van der Waals surface area contributed by atoms with Gasteiger partial charge in [-0.2, -0.15) is 0 Å². The predicted octanol–water partition coefficient (Wildman–Crippen LogP) is 1.14. The second-order valence-electron chi connectivity index (χ2n) is 5.50. The third kappa shape index (κ3) is 5.13. The van der Waals surface area contributed by atoms with Gasteiger partial charge in [-0.05, 0) is 12.0 Å². The minimum atomic E-state index is -2.89. The maximum Gasteiger partial charge on any atom is 0.310 e. The van der Waals surface area contributed by atoms with Crippen molar-refractivity contribution < 1.29 is 17.9 Å². The van der Waals surface area contributed by atoms with Gasteiger partial charge in [0, 0.05) is 12.6 Å². The molecule has 0 spiro atoms. The summed E-state index contributed by atoms with van der Waals surface area (Å²) >= 11 is 0. The van der Waals surface area contributed by atoms with Crippen molar-refractivity contribution in [1.29, 1.82) is 0 Å². The largest absolute Gasteiger partial charge is 0.461 e. The summed E-state index contributed by atoms with van der Waals surface area (Å²) < 4.78 is 27.9. The zero-order chi connectivity index (χ0) is 15.3. The van der Waals surface area contributed by atoms with E-state index >= 15 is 0 Å². The molecule has 1 aliphatic rings. The molecule has 0 aliphatic carbocycles. The molecular formula is C15H21NO4S. The fourth-order valence-electron chi connectivity index (χ4n) is 2.25. The van der Waals surface area contributed by atoms with Gasteiger partial charge in [0.25, 0.3) is 0 Å². The van der Waals surface area contributed by atoms with E-state index in [9.17, 15) is 13.2 Å². The maximum absolute atomic E-state index is 11.9. The summed E-state index contributed by atoms with van der Waals surface area (Å²) in [7, 11) is -2.89. The fourth-order valence-corrected chi connectivity index (χ4v) is 3.96. The summed E-state index contributed by atoms with van der Waals surface area (Å²) in [6, 6.07) is 9.47. The summed E-state index contributed by atoms with van der Waals surface area (Å²) in [5, 5.41) is 3.14. The van der Waals surface area contributed by atoms with E-state index in [4.69, 9.17) is 4.74 Å². The number of sulfone groups is 1. The Labute approximate surface area is 125 Å². The number of esters is 1. The molecule has 21 heavy (non-hydrogen) atoms. The molecule has 0 amide bonds. The first kappa shape index (κ1) is 16.0. The second-order valence-corrected chi connectivity index (χ2v) is 7.73. The smallest absolute Gasteiger partial charge is 0.310 e. The first-order chi connectivity index (χ1) is 9.96. The van der Waals surface area contributed by atoms with E-state index < -0.39 is 9.84 Å². The topological polar surface area (TPSA) is 72.5 Å². The van der Waals surface area contributed by atoms with Gasteiger partial charge >= 0.3 is 5.97 Å². The van der Waals surface area contributed by atoms with Crippen LogP contribution in [0, 0.1) is 5.92 Å². The highest BCUT2D eigenvalue weighted by Crippen LogP contribution is 2.12. The van der Waals surface area contributed by atoms with E-state index in [-0.39, 0.29) is 36.0 Å². The number of rotatable bonds is 6. The molecule has 1 heterocycles. The lowest BCUT2D eigenvalue weighted by Crippen LogP contribution is -2.36. The van der Waals surface area contributed by atoms with Crippen LogP contribution in [0.1, 0.15) is 18.9 Å². The molecule has 2 atom stereocenters. The highest BCUT2D eigenvalue weighted by Gasteiger charge is 2.28. The molecule has 5 nitrogen and oxygen atoms in total. The van der Waals surface area contributed by atoms with E-state index in [1.54, 1.807) is 6.92 Å². The van der Waals surface area contributed by atoms with Crippen molar-refractivity contribution in [3.05, 3.63) is 35.9 Å². The van der Waals surface area contributed by atoms with Gasteiger partial charge in [0.05, 0.1) is 17.4 Å². The first-order valence-corrected chi connectivity index (χ1v) is 8.93. The van der Waals surface area contributed by atoms with Crippen LogP contribution in [-0.2, 0) is 26.0 Å². The Morgan fingerprint density at radius 1 is 1.38 bits per heavy atom. The van der Waals surface area contributed by atoms with Gasteiger partial charge in [-0.15, -0.1) is 0 Å². The number of benzene rings is 1. The van der Waals surface area contributed by atoms with Crippen LogP contribution in [0.3, 0.4) is 0 Å². The molecule has 0 radical (unpaired) electrons. The number of hydrogen-bond donors (Lipinski definition) is 1. The second kappa shape index (κ2) is 7.04. The Kier molecular flexibility index (Phi) is 5.36. The van der Waals surface area contributed by atoms with E-state index in [1.165, 1.54) is 0 Å². The minimum absolute atomic E-state index is 0.0422. The third-order valence-corrected chi connectivity index (χ3v) is 5.34. The van der Waals surface area contributed by atoms with Gasteiger partial charge in [-0.25, -0.2) is 8.42 Å². The Morgan fingerprint density at radius 2 is 2.10 bits per heavy atom. The number of nitrogens with one attached hydrogen (secondary N) is 1. The van der Waals surface area contributed by atoms with Crippen LogP contribution in [0.4, 0.5) is 0 Å². The van der Waals surface area contributed by atoms with Crippen molar-refractivity contribution in [1.82, 2.24) is 5.32 Å².